The number of halogens is 2. The lowest BCUT2D eigenvalue weighted by Crippen LogP contribution is -2.38. The van der Waals surface area contributed by atoms with Crippen LogP contribution < -0.4 is 0 Å². The Bertz CT molecular complexity index is 411. The van der Waals surface area contributed by atoms with Crippen LogP contribution in [0.5, 0.6) is 0 Å². The summed E-state index contributed by atoms with van der Waals surface area (Å²) in [6.07, 6.45) is 2.26. The van der Waals surface area contributed by atoms with Gasteiger partial charge in [-0.25, -0.2) is 0 Å². The molecule has 1 atom stereocenters. The van der Waals surface area contributed by atoms with E-state index in [1.54, 1.807) is 0 Å². The molecule has 0 spiro atoms. The van der Waals surface area contributed by atoms with Gasteiger partial charge in [-0.3, -0.25) is 4.79 Å². The first-order valence-corrected chi connectivity index (χ1v) is 8.16. The molecule has 1 unspecified atom stereocenters. The highest BCUT2D eigenvalue weighted by atomic mass is 79.9. The maximum Gasteiger partial charge on any atom is 0.264 e. The maximum absolute atomic E-state index is 12.4. The fourth-order valence-electron chi connectivity index (χ4n) is 2.33. The molecule has 2 nitrogen and oxygen atoms in total. The maximum atomic E-state index is 12.4. The summed E-state index contributed by atoms with van der Waals surface area (Å²) in [7, 11) is 0. The van der Waals surface area contributed by atoms with Crippen LogP contribution in [0.15, 0.2) is 14.3 Å². The van der Waals surface area contributed by atoms with Crippen LogP contribution in [0, 0.1) is 5.92 Å². The van der Waals surface area contributed by atoms with E-state index in [1.165, 1.54) is 11.3 Å². The number of rotatable bonds is 2. The molecule has 1 aromatic heterocycles. The van der Waals surface area contributed by atoms with Crippen LogP contribution in [-0.2, 0) is 0 Å². The summed E-state index contributed by atoms with van der Waals surface area (Å²) in [5, 5.41) is 0. The molecule has 2 rings (SSSR count). The van der Waals surface area contributed by atoms with Gasteiger partial charge >= 0.3 is 0 Å². The molecule has 0 aliphatic carbocycles. The number of carbonyl (C=O) groups excluding carboxylic acids is 1. The minimum Gasteiger partial charge on any atom is -0.335 e. The van der Waals surface area contributed by atoms with E-state index in [1.807, 2.05) is 11.0 Å². The van der Waals surface area contributed by atoms with E-state index < -0.39 is 0 Å². The number of hydrogen-bond acceptors (Lipinski definition) is 2. The molecule has 1 aliphatic rings. The molecular formula is C12H15Br2NOS. The first-order chi connectivity index (χ1) is 8.00. The van der Waals surface area contributed by atoms with E-state index in [0.29, 0.717) is 12.0 Å². The van der Waals surface area contributed by atoms with Gasteiger partial charge in [0.05, 0.1) is 8.66 Å². The average molecular weight is 381 g/mol. The molecule has 94 valence electrons. The van der Waals surface area contributed by atoms with Gasteiger partial charge in [0.1, 0.15) is 0 Å². The fourth-order valence-corrected chi connectivity index (χ4v) is 4.32. The number of carbonyl (C=O) groups is 1. The van der Waals surface area contributed by atoms with Gasteiger partial charge in [0.25, 0.3) is 5.91 Å². The van der Waals surface area contributed by atoms with Gasteiger partial charge in [-0.15, -0.1) is 11.3 Å². The normalized spacial score (nSPS) is 20.3. The largest absolute Gasteiger partial charge is 0.335 e. The van der Waals surface area contributed by atoms with Crippen molar-refractivity contribution in [3.63, 3.8) is 0 Å². The molecule has 0 radical (unpaired) electrons. The molecular weight excluding hydrogens is 366 g/mol. The van der Waals surface area contributed by atoms with Crippen LogP contribution in [0.25, 0.3) is 0 Å². The van der Waals surface area contributed by atoms with Gasteiger partial charge in [-0.2, -0.15) is 0 Å². The van der Waals surface area contributed by atoms with Crippen molar-refractivity contribution in [1.82, 2.24) is 4.90 Å². The molecule has 0 bridgehead atoms. The summed E-state index contributed by atoms with van der Waals surface area (Å²) in [6, 6.07) is 2.31. The van der Waals surface area contributed by atoms with Crippen molar-refractivity contribution in [1.29, 1.82) is 0 Å². The summed E-state index contributed by atoms with van der Waals surface area (Å²) in [4.78, 5) is 15.3. The van der Waals surface area contributed by atoms with E-state index in [9.17, 15) is 4.79 Å². The van der Waals surface area contributed by atoms with Gasteiger partial charge < -0.3 is 4.90 Å². The van der Waals surface area contributed by atoms with Crippen molar-refractivity contribution >= 4 is 49.1 Å². The lowest BCUT2D eigenvalue weighted by atomic mass is 10.0. The molecule has 1 aliphatic heterocycles. The molecule has 1 saturated heterocycles. The molecule has 2 heterocycles. The zero-order chi connectivity index (χ0) is 12.6. The monoisotopic (exact) mass is 379 g/mol. The van der Waals surface area contributed by atoms with E-state index >= 15 is 0 Å². The van der Waals surface area contributed by atoms with Crippen molar-refractivity contribution in [2.24, 2.45) is 5.92 Å². The predicted molar refractivity (Wildman–Crippen MR) is 78.6 cm³/mol. The standard InChI is InChI=1S/C12H15Br2NOS/c1-7(2)9-4-3-5-15(9)12(16)10-6-8(13)11(14)17-10/h6-7,9H,3-5H2,1-2H3. The van der Waals surface area contributed by atoms with Crippen LogP contribution in [0.4, 0.5) is 0 Å². The van der Waals surface area contributed by atoms with Crippen molar-refractivity contribution in [2.75, 3.05) is 6.54 Å². The molecule has 0 saturated carbocycles. The van der Waals surface area contributed by atoms with E-state index in [2.05, 4.69) is 45.7 Å². The minimum absolute atomic E-state index is 0.178. The highest BCUT2D eigenvalue weighted by molar-refractivity contribution is 9.13. The summed E-state index contributed by atoms with van der Waals surface area (Å²) < 4.78 is 1.95. The molecule has 1 fully saturated rings. The average Bonchev–Trinajstić information content (AvgIpc) is 2.85. The third-order valence-electron chi connectivity index (χ3n) is 3.19. The van der Waals surface area contributed by atoms with Gasteiger partial charge in [-0.05, 0) is 56.7 Å². The molecule has 1 amide bonds. The smallest absolute Gasteiger partial charge is 0.264 e. The SMILES string of the molecule is CC(C)C1CCCN1C(=O)c1cc(Br)c(Br)s1. The fraction of sp³-hybridized carbons (Fsp3) is 0.583. The summed E-state index contributed by atoms with van der Waals surface area (Å²) in [5.74, 6) is 0.714. The van der Waals surface area contributed by atoms with E-state index in [0.717, 1.165) is 32.5 Å². The number of likely N-dealkylation sites (tertiary alicyclic amines) is 1. The Morgan fingerprint density at radius 2 is 2.24 bits per heavy atom. The second-order valence-corrected chi connectivity index (χ2v) is 7.91. The third kappa shape index (κ3) is 2.76. The van der Waals surface area contributed by atoms with Crippen LogP contribution in [0.2, 0.25) is 0 Å². The van der Waals surface area contributed by atoms with Crippen molar-refractivity contribution in [3.8, 4) is 0 Å². The van der Waals surface area contributed by atoms with E-state index in [-0.39, 0.29) is 5.91 Å². The Labute approximate surface area is 123 Å². The van der Waals surface area contributed by atoms with Crippen LogP contribution in [0.1, 0.15) is 36.4 Å². The van der Waals surface area contributed by atoms with Crippen LogP contribution >= 0.6 is 43.2 Å². The Hall–Kier alpha value is 0.130. The van der Waals surface area contributed by atoms with Crippen LogP contribution in [-0.4, -0.2) is 23.4 Å². The Morgan fingerprint density at radius 3 is 2.76 bits per heavy atom. The predicted octanol–water partition coefficient (Wildman–Crippen LogP) is 4.53. The van der Waals surface area contributed by atoms with Gasteiger partial charge in [-0.1, -0.05) is 13.8 Å². The van der Waals surface area contributed by atoms with Crippen molar-refractivity contribution < 1.29 is 4.79 Å². The lowest BCUT2D eigenvalue weighted by Gasteiger charge is -2.27. The number of thiophene rings is 1. The molecule has 5 heteroatoms. The summed E-state index contributed by atoms with van der Waals surface area (Å²) in [5.41, 5.74) is 0. The van der Waals surface area contributed by atoms with Crippen LogP contribution in [0.3, 0.4) is 0 Å². The van der Waals surface area contributed by atoms with Gasteiger partial charge in [0.15, 0.2) is 0 Å². The summed E-state index contributed by atoms with van der Waals surface area (Å²) >= 11 is 8.37. The van der Waals surface area contributed by atoms with Crippen molar-refractivity contribution in [3.05, 3.63) is 19.2 Å². The minimum atomic E-state index is 0.178. The second-order valence-electron chi connectivity index (χ2n) is 4.68. The Balaban J connectivity index is 2.19. The second kappa shape index (κ2) is 5.41. The summed E-state index contributed by atoms with van der Waals surface area (Å²) in [6.45, 7) is 5.28. The number of amides is 1. The molecule has 0 aromatic carbocycles. The quantitative estimate of drug-likeness (QED) is 0.737. The van der Waals surface area contributed by atoms with Crippen molar-refractivity contribution in [2.45, 2.75) is 32.7 Å². The lowest BCUT2D eigenvalue weighted by molar-refractivity contribution is 0.0706. The van der Waals surface area contributed by atoms with E-state index in [4.69, 9.17) is 0 Å². The molecule has 0 N–H and O–H groups in total. The first kappa shape index (κ1) is 13.6. The topological polar surface area (TPSA) is 20.3 Å². The first-order valence-electron chi connectivity index (χ1n) is 5.76. The number of nitrogens with zero attached hydrogens (tertiary/aromatic N) is 1. The highest BCUT2D eigenvalue weighted by Crippen LogP contribution is 2.34. The molecule has 17 heavy (non-hydrogen) atoms. The zero-order valence-electron chi connectivity index (χ0n) is 9.87. The third-order valence-corrected chi connectivity index (χ3v) is 6.43. The highest BCUT2D eigenvalue weighted by Gasteiger charge is 2.32. The Kier molecular flexibility index (Phi) is 4.31. The van der Waals surface area contributed by atoms with Gasteiger partial charge in [0.2, 0.25) is 0 Å². The number of hydrogen-bond donors (Lipinski definition) is 0. The Morgan fingerprint density at radius 1 is 1.53 bits per heavy atom. The molecule has 1 aromatic rings. The van der Waals surface area contributed by atoms with Gasteiger partial charge in [0, 0.05) is 17.1 Å². The zero-order valence-corrected chi connectivity index (χ0v) is 13.9.